The van der Waals surface area contributed by atoms with Crippen molar-refractivity contribution in [3.8, 4) is 6.07 Å². The van der Waals surface area contributed by atoms with Gasteiger partial charge in [0.15, 0.2) is 11.5 Å². The number of aromatic nitrogens is 2. The third-order valence-electron chi connectivity index (χ3n) is 2.47. The standard InChI is InChI=1S/C9H11N5/c1-6-2-3-14(6)9-7(4-10)12-5-8(11)13-9/h5-6H,2-3H2,1H3,(H2,11,13)/t6-/m0/s1. The van der Waals surface area contributed by atoms with Crippen molar-refractivity contribution in [3.63, 3.8) is 0 Å². The molecule has 0 radical (unpaired) electrons. The van der Waals surface area contributed by atoms with E-state index in [2.05, 4.69) is 16.9 Å². The smallest absolute Gasteiger partial charge is 0.183 e. The molecular formula is C9H11N5. The van der Waals surface area contributed by atoms with E-state index in [1.807, 2.05) is 11.0 Å². The molecule has 2 rings (SSSR count). The molecular weight excluding hydrogens is 178 g/mol. The minimum atomic E-state index is 0.353. The van der Waals surface area contributed by atoms with Crippen molar-refractivity contribution in [1.82, 2.24) is 9.97 Å². The van der Waals surface area contributed by atoms with Crippen LogP contribution in [0.4, 0.5) is 11.6 Å². The van der Waals surface area contributed by atoms with Gasteiger partial charge in [0.2, 0.25) is 0 Å². The highest BCUT2D eigenvalue weighted by atomic mass is 15.3. The lowest BCUT2D eigenvalue weighted by Crippen LogP contribution is -2.46. The summed E-state index contributed by atoms with van der Waals surface area (Å²) in [5.74, 6) is 0.976. The van der Waals surface area contributed by atoms with E-state index in [9.17, 15) is 0 Å². The summed E-state index contributed by atoms with van der Waals surface area (Å²) in [6, 6.07) is 2.45. The Morgan fingerprint density at radius 1 is 1.71 bits per heavy atom. The Labute approximate surface area is 82.2 Å². The van der Waals surface area contributed by atoms with Gasteiger partial charge in [0.25, 0.3) is 0 Å². The second kappa shape index (κ2) is 3.14. The first-order valence-corrected chi connectivity index (χ1v) is 4.51. The van der Waals surface area contributed by atoms with E-state index in [4.69, 9.17) is 11.0 Å². The van der Waals surface area contributed by atoms with Crippen LogP contribution in [0.15, 0.2) is 6.20 Å². The zero-order chi connectivity index (χ0) is 10.1. The minimum Gasteiger partial charge on any atom is -0.382 e. The predicted molar refractivity (Wildman–Crippen MR) is 52.6 cm³/mol. The second-order valence-electron chi connectivity index (χ2n) is 3.41. The molecule has 1 saturated heterocycles. The number of anilines is 2. The Balaban J connectivity index is 2.40. The largest absolute Gasteiger partial charge is 0.382 e. The summed E-state index contributed by atoms with van der Waals surface area (Å²) in [4.78, 5) is 10.1. The third-order valence-corrected chi connectivity index (χ3v) is 2.47. The fourth-order valence-electron chi connectivity index (χ4n) is 1.50. The van der Waals surface area contributed by atoms with Gasteiger partial charge in [-0.1, -0.05) is 0 Å². The van der Waals surface area contributed by atoms with Crippen LogP contribution >= 0.6 is 0 Å². The highest BCUT2D eigenvalue weighted by molar-refractivity contribution is 5.55. The van der Waals surface area contributed by atoms with Gasteiger partial charge in [-0.05, 0) is 13.3 Å². The van der Waals surface area contributed by atoms with Gasteiger partial charge in [-0.3, -0.25) is 0 Å². The molecule has 0 bridgehead atoms. The van der Waals surface area contributed by atoms with Crippen LogP contribution in [-0.4, -0.2) is 22.6 Å². The molecule has 0 saturated carbocycles. The second-order valence-corrected chi connectivity index (χ2v) is 3.41. The maximum absolute atomic E-state index is 8.84. The maximum Gasteiger partial charge on any atom is 0.183 e. The number of hydrogen-bond acceptors (Lipinski definition) is 5. The third kappa shape index (κ3) is 1.25. The number of nitrogens with two attached hydrogens (primary N) is 1. The van der Waals surface area contributed by atoms with Crippen molar-refractivity contribution in [2.45, 2.75) is 19.4 Å². The first kappa shape index (κ1) is 8.75. The lowest BCUT2D eigenvalue weighted by Gasteiger charge is -2.39. The highest BCUT2D eigenvalue weighted by Gasteiger charge is 2.27. The topological polar surface area (TPSA) is 78.8 Å². The van der Waals surface area contributed by atoms with Crippen LogP contribution in [0.3, 0.4) is 0 Å². The average Bonchev–Trinajstić information content (AvgIpc) is 2.16. The van der Waals surface area contributed by atoms with Crippen molar-refractivity contribution in [2.75, 3.05) is 17.2 Å². The molecule has 14 heavy (non-hydrogen) atoms. The molecule has 2 heterocycles. The van der Waals surface area contributed by atoms with Crippen molar-refractivity contribution in [2.24, 2.45) is 0 Å². The number of hydrogen-bond donors (Lipinski definition) is 1. The lowest BCUT2D eigenvalue weighted by atomic mass is 10.1. The molecule has 1 aromatic heterocycles. The SMILES string of the molecule is C[C@H]1CCN1c1nc(N)cnc1C#N. The molecule has 1 aliphatic heterocycles. The Bertz CT molecular complexity index is 395. The molecule has 0 amide bonds. The minimum absolute atomic E-state index is 0.353. The number of nitrogens with zero attached hydrogens (tertiary/aromatic N) is 4. The molecule has 72 valence electrons. The summed E-state index contributed by atoms with van der Waals surface area (Å²) in [7, 11) is 0. The van der Waals surface area contributed by atoms with Crippen molar-refractivity contribution in [3.05, 3.63) is 11.9 Å². The molecule has 0 aliphatic carbocycles. The maximum atomic E-state index is 8.84. The Hall–Kier alpha value is -1.83. The zero-order valence-electron chi connectivity index (χ0n) is 7.94. The number of nitriles is 1. The Morgan fingerprint density at radius 3 is 3.00 bits per heavy atom. The van der Waals surface area contributed by atoms with E-state index in [1.54, 1.807) is 0 Å². The van der Waals surface area contributed by atoms with Crippen LogP contribution in [0.1, 0.15) is 19.0 Å². The highest BCUT2D eigenvalue weighted by Crippen LogP contribution is 2.26. The van der Waals surface area contributed by atoms with Gasteiger partial charge in [0.05, 0.1) is 6.20 Å². The quantitative estimate of drug-likeness (QED) is 0.697. The summed E-state index contributed by atoms with van der Waals surface area (Å²) in [6.45, 7) is 3.02. The predicted octanol–water partition coefficient (Wildman–Crippen LogP) is 0.529. The van der Waals surface area contributed by atoms with Crippen molar-refractivity contribution < 1.29 is 0 Å². The van der Waals surface area contributed by atoms with Gasteiger partial charge in [-0.15, -0.1) is 0 Å². The van der Waals surface area contributed by atoms with Crippen LogP contribution in [-0.2, 0) is 0 Å². The molecule has 0 aromatic carbocycles. The van der Waals surface area contributed by atoms with Gasteiger partial charge in [-0.25, -0.2) is 9.97 Å². The van der Waals surface area contributed by atoms with Gasteiger partial charge in [0, 0.05) is 12.6 Å². The van der Waals surface area contributed by atoms with Gasteiger partial charge in [-0.2, -0.15) is 5.26 Å². The van der Waals surface area contributed by atoms with Crippen LogP contribution in [0, 0.1) is 11.3 Å². The monoisotopic (exact) mass is 189 g/mol. The van der Waals surface area contributed by atoms with Gasteiger partial charge < -0.3 is 10.6 Å². The van der Waals surface area contributed by atoms with Crippen LogP contribution in [0.2, 0.25) is 0 Å². The first-order chi connectivity index (χ1) is 6.72. The molecule has 5 heteroatoms. The zero-order valence-corrected chi connectivity index (χ0v) is 7.94. The summed E-state index contributed by atoms with van der Waals surface area (Å²) in [5.41, 5.74) is 5.89. The van der Waals surface area contributed by atoms with Crippen LogP contribution < -0.4 is 10.6 Å². The first-order valence-electron chi connectivity index (χ1n) is 4.51. The van der Waals surface area contributed by atoms with Crippen molar-refractivity contribution >= 4 is 11.6 Å². The fourth-order valence-corrected chi connectivity index (χ4v) is 1.50. The van der Waals surface area contributed by atoms with Crippen LogP contribution in [0.5, 0.6) is 0 Å². The summed E-state index contributed by atoms with van der Waals surface area (Å²) < 4.78 is 0. The van der Waals surface area contributed by atoms with E-state index in [0.717, 1.165) is 13.0 Å². The van der Waals surface area contributed by atoms with Gasteiger partial charge >= 0.3 is 0 Å². The molecule has 1 aliphatic rings. The van der Waals surface area contributed by atoms with Gasteiger partial charge in [0.1, 0.15) is 11.9 Å². The van der Waals surface area contributed by atoms with E-state index in [0.29, 0.717) is 23.4 Å². The summed E-state index contributed by atoms with van der Waals surface area (Å²) in [5, 5.41) is 8.84. The van der Waals surface area contributed by atoms with Crippen molar-refractivity contribution in [1.29, 1.82) is 5.26 Å². The molecule has 1 fully saturated rings. The molecule has 1 atom stereocenters. The molecule has 1 aromatic rings. The lowest BCUT2D eigenvalue weighted by molar-refractivity contribution is 0.475. The normalized spacial score (nSPS) is 20.0. The van der Waals surface area contributed by atoms with E-state index in [1.165, 1.54) is 6.20 Å². The number of nitrogen functional groups attached to an aromatic ring is 1. The molecule has 0 spiro atoms. The Morgan fingerprint density at radius 2 is 2.50 bits per heavy atom. The fraction of sp³-hybridized carbons (Fsp3) is 0.444. The van der Waals surface area contributed by atoms with E-state index in [-0.39, 0.29) is 0 Å². The molecule has 2 N–H and O–H groups in total. The Kier molecular flexibility index (Phi) is 1.97. The average molecular weight is 189 g/mol. The van der Waals surface area contributed by atoms with E-state index < -0.39 is 0 Å². The summed E-state index contributed by atoms with van der Waals surface area (Å²) in [6.07, 6.45) is 2.54. The summed E-state index contributed by atoms with van der Waals surface area (Å²) >= 11 is 0. The molecule has 5 nitrogen and oxygen atoms in total. The number of rotatable bonds is 1. The van der Waals surface area contributed by atoms with Crippen LogP contribution in [0.25, 0.3) is 0 Å². The molecule has 0 unspecified atom stereocenters. The van der Waals surface area contributed by atoms with E-state index >= 15 is 0 Å².